The standard InChI is InChI=1S/C22H20N4O4/c1-28-9-8-26-17-10-14(15-11-23-24-12-15)6-7-16(17)21(25-26)22(27)20-13-29-18-4-2-3-5-19(18)30-20/h2-7,10-12,20H,8-9,13H2,1H3,(H,23,24)/t20-/m0/s1. The van der Waals surface area contributed by atoms with Crippen molar-refractivity contribution >= 4 is 16.7 Å². The summed E-state index contributed by atoms with van der Waals surface area (Å²) >= 11 is 0. The van der Waals surface area contributed by atoms with Gasteiger partial charge in [-0.05, 0) is 29.8 Å². The molecule has 1 atom stereocenters. The number of H-pyrrole nitrogens is 1. The third-order valence-electron chi connectivity index (χ3n) is 5.12. The minimum Gasteiger partial charge on any atom is -0.485 e. The summed E-state index contributed by atoms with van der Waals surface area (Å²) in [5, 5.41) is 12.2. The first-order chi connectivity index (χ1) is 14.7. The van der Waals surface area contributed by atoms with Gasteiger partial charge in [0.05, 0.1) is 24.9 Å². The number of aromatic nitrogens is 4. The van der Waals surface area contributed by atoms with Gasteiger partial charge in [0.1, 0.15) is 12.3 Å². The first-order valence-corrected chi connectivity index (χ1v) is 9.66. The molecule has 152 valence electrons. The van der Waals surface area contributed by atoms with E-state index in [1.165, 1.54) is 0 Å². The number of carbonyl (C=O) groups is 1. The van der Waals surface area contributed by atoms with Crippen LogP contribution in [-0.4, -0.2) is 52.2 Å². The van der Waals surface area contributed by atoms with Crippen molar-refractivity contribution in [2.24, 2.45) is 0 Å². The number of Topliss-reactive ketones (excluding diaryl/α,β-unsaturated/α-hetero) is 1. The summed E-state index contributed by atoms with van der Waals surface area (Å²) in [5.41, 5.74) is 3.17. The van der Waals surface area contributed by atoms with E-state index in [1.54, 1.807) is 24.1 Å². The van der Waals surface area contributed by atoms with Gasteiger partial charge in [-0.25, -0.2) is 0 Å². The molecule has 3 heterocycles. The molecule has 2 aromatic carbocycles. The van der Waals surface area contributed by atoms with Crippen LogP contribution in [-0.2, 0) is 11.3 Å². The van der Waals surface area contributed by atoms with Crippen LogP contribution in [0.15, 0.2) is 54.9 Å². The normalized spacial score (nSPS) is 15.4. The highest BCUT2D eigenvalue weighted by Crippen LogP contribution is 2.33. The summed E-state index contributed by atoms with van der Waals surface area (Å²) < 4.78 is 18.6. The lowest BCUT2D eigenvalue weighted by atomic mass is 10.0. The molecule has 0 aliphatic carbocycles. The maximum absolute atomic E-state index is 13.3. The summed E-state index contributed by atoms with van der Waals surface area (Å²) in [6.07, 6.45) is 2.84. The second-order valence-corrected chi connectivity index (χ2v) is 7.01. The average molecular weight is 404 g/mol. The van der Waals surface area contributed by atoms with E-state index in [0.717, 1.165) is 22.0 Å². The number of nitrogens with one attached hydrogen (secondary N) is 1. The minimum atomic E-state index is -0.748. The molecule has 1 aliphatic rings. The fourth-order valence-electron chi connectivity index (χ4n) is 3.59. The van der Waals surface area contributed by atoms with E-state index in [1.807, 2.05) is 42.6 Å². The fraction of sp³-hybridized carbons (Fsp3) is 0.227. The van der Waals surface area contributed by atoms with Crippen molar-refractivity contribution in [3.8, 4) is 22.6 Å². The minimum absolute atomic E-state index is 0.148. The molecule has 1 aliphatic heterocycles. The average Bonchev–Trinajstić information content (AvgIpc) is 3.45. The molecule has 30 heavy (non-hydrogen) atoms. The van der Waals surface area contributed by atoms with Crippen LogP contribution in [0.3, 0.4) is 0 Å². The lowest BCUT2D eigenvalue weighted by molar-refractivity contribution is 0.0581. The number of aromatic amines is 1. The van der Waals surface area contributed by atoms with Gasteiger partial charge in [0.25, 0.3) is 0 Å². The molecule has 0 saturated carbocycles. The van der Waals surface area contributed by atoms with Crippen LogP contribution in [0.4, 0.5) is 0 Å². The van der Waals surface area contributed by atoms with E-state index in [9.17, 15) is 4.79 Å². The van der Waals surface area contributed by atoms with E-state index >= 15 is 0 Å². The molecule has 0 amide bonds. The quantitative estimate of drug-likeness (QED) is 0.497. The maximum Gasteiger partial charge on any atom is 0.227 e. The van der Waals surface area contributed by atoms with E-state index < -0.39 is 6.10 Å². The van der Waals surface area contributed by atoms with E-state index in [2.05, 4.69) is 15.3 Å². The monoisotopic (exact) mass is 404 g/mol. The Balaban J connectivity index is 1.53. The van der Waals surface area contributed by atoms with Crippen LogP contribution in [0.1, 0.15) is 10.5 Å². The van der Waals surface area contributed by atoms with E-state index in [0.29, 0.717) is 30.3 Å². The predicted molar refractivity (Wildman–Crippen MR) is 110 cm³/mol. The number of rotatable bonds is 6. The van der Waals surface area contributed by atoms with Gasteiger partial charge in [-0.2, -0.15) is 10.2 Å². The molecule has 0 spiro atoms. The molecule has 5 rings (SSSR count). The number of para-hydroxylation sites is 2. The number of benzene rings is 2. The van der Waals surface area contributed by atoms with Gasteiger partial charge >= 0.3 is 0 Å². The van der Waals surface area contributed by atoms with Gasteiger partial charge in [0.2, 0.25) is 5.78 Å². The second kappa shape index (κ2) is 7.64. The van der Waals surface area contributed by atoms with Crippen LogP contribution in [0.25, 0.3) is 22.0 Å². The molecule has 2 aromatic heterocycles. The molecular formula is C22H20N4O4. The van der Waals surface area contributed by atoms with Crippen molar-refractivity contribution in [3.63, 3.8) is 0 Å². The molecule has 0 bridgehead atoms. The van der Waals surface area contributed by atoms with Crippen molar-refractivity contribution in [2.45, 2.75) is 12.6 Å². The zero-order valence-electron chi connectivity index (χ0n) is 16.4. The number of nitrogens with zero attached hydrogens (tertiary/aromatic N) is 3. The van der Waals surface area contributed by atoms with Gasteiger partial charge in [-0.15, -0.1) is 0 Å². The Morgan fingerprint density at radius 3 is 2.90 bits per heavy atom. The molecule has 1 N–H and O–H groups in total. The van der Waals surface area contributed by atoms with Crippen LogP contribution < -0.4 is 9.47 Å². The molecular weight excluding hydrogens is 384 g/mol. The number of ether oxygens (including phenoxy) is 3. The molecule has 0 fully saturated rings. The highest BCUT2D eigenvalue weighted by Gasteiger charge is 2.31. The van der Waals surface area contributed by atoms with Gasteiger partial charge in [0.15, 0.2) is 17.6 Å². The summed E-state index contributed by atoms with van der Waals surface area (Å²) in [4.78, 5) is 13.3. The summed E-state index contributed by atoms with van der Waals surface area (Å²) in [6.45, 7) is 1.16. The van der Waals surface area contributed by atoms with Crippen LogP contribution in [0, 0.1) is 0 Å². The molecule has 0 radical (unpaired) electrons. The first-order valence-electron chi connectivity index (χ1n) is 9.66. The van der Waals surface area contributed by atoms with Gasteiger partial charge in [0, 0.05) is 24.3 Å². The molecule has 8 nitrogen and oxygen atoms in total. The van der Waals surface area contributed by atoms with Crippen LogP contribution in [0.5, 0.6) is 11.5 Å². The molecule has 8 heteroatoms. The number of ketones is 1. The Labute approximate surface area is 172 Å². The van der Waals surface area contributed by atoms with Crippen molar-refractivity contribution in [2.75, 3.05) is 20.3 Å². The maximum atomic E-state index is 13.3. The van der Waals surface area contributed by atoms with Gasteiger partial charge in [-0.3, -0.25) is 14.6 Å². The summed E-state index contributed by atoms with van der Waals surface area (Å²) in [6, 6.07) is 13.2. The zero-order valence-corrected chi connectivity index (χ0v) is 16.4. The highest BCUT2D eigenvalue weighted by molar-refractivity contribution is 6.09. The number of hydrogen-bond donors (Lipinski definition) is 1. The third-order valence-corrected chi connectivity index (χ3v) is 5.12. The third kappa shape index (κ3) is 3.21. The molecule has 0 saturated heterocycles. The van der Waals surface area contributed by atoms with Crippen molar-refractivity contribution in [1.82, 2.24) is 20.0 Å². The summed E-state index contributed by atoms with van der Waals surface area (Å²) in [5.74, 6) is 0.996. The highest BCUT2D eigenvalue weighted by atomic mass is 16.6. The van der Waals surface area contributed by atoms with Crippen molar-refractivity contribution in [1.29, 1.82) is 0 Å². The van der Waals surface area contributed by atoms with Gasteiger partial charge < -0.3 is 14.2 Å². The number of carbonyl (C=O) groups excluding carboxylic acids is 1. The van der Waals surface area contributed by atoms with E-state index in [4.69, 9.17) is 14.2 Å². The number of hydrogen-bond acceptors (Lipinski definition) is 6. The Hall–Kier alpha value is -3.65. The topological polar surface area (TPSA) is 91.3 Å². The molecule has 4 aromatic rings. The fourth-order valence-corrected chi connectivity index (χ4v) is 3.59. The predicted octanol–water partition coefficient (Wildman–Crippen LogP) is 3.10. The van der Waals surface area contributed by atoms with Crippen LogP contribution in [0.2, 0.25) is 0 Å². The Bertz CT molecular complexity index is 1200. The lowest BCUT2D eigenvalue weighted by Gasteiger charge is -2.24. The number of methoxy groups -OCH3 is 1. The second-order valence-electron chi connectivity index (χ2n) is 7.01. The number of fused-ring (bicyclic) bond motifs is 2. The van der Waals surface area contributed by atoms with Crippen LogP contribution >= 0.6 is 0 Å². The smallest absolute Gasteiger partial charge is 0.227 e. The van der Waals surface area contributed by atoms with Crippen molar-refractivity contribution in [3.05, 3.63) is 60.6 Å². The lowest BCUT2D eigenvalue weighted by Crippen LogP contribution is -2.37. The van der Waals surface area contributed by atoms with E-state index in [-0.39, 0.29) is 12.4 Å². The largest absolute Gasteiger partial charge is 0.485 e. The van der Waals surface area contributed by atoms with Crippen molar-refractivity contribution < 1.29 is 19.0 Å². The summed E-state index contributed by atoms with van der Waals surface area (Å²) in [7, 11) is 1.64. The van der Waals surface area contributed by atoms with Gasteiger partial charge in [-0.1, -0.05) is 18.2 Å². The zero-order chi connectivity index (χ0) is 20.5. The Morgan fingerprint density at radius 1 is 1.23 bits per heavy atom. The molecule has 0 unspecified atom stereocenters. The SMILES string of the molecule is COCCn1nc(C(=O)[C@@H]2COc3ccccc3O2)c2ccc(-c3cn[nH]c3)cc21. The Kier molecular flexibility index (Phi) is 4.68. The Morgan fingerprint density at radius 2 is 2.10 bits per heavy atom. The first kappa shape index (κ1) is 18.4.